The Bertz CT molecular complexity index is 1350. The van der Waals surface area contributed by atoms with Crippen molar-refractivity contribution in [3.8, 4) is 11.3 Å². The van der Waals surface area contributed by atoms with Crippen molar-refractivity contribution in [2.24, 2.45) is 0 Å². The van der Waals surface area contributed by atoms with Crippen LogP contribution in [-0.2, 0) is 10.0 Å². The summed E-state index contributed by atoms with van der Waals surface area (Å²) in [7, 11) is -3.85. The van der Waals surface area contributed by atoms with E-state index in [2.05, 4.69) is 15.0 Å². The predicted octanol–water partition coefficient (Wildman–Crippen LogP) is 5.11. The maximum atomic E-state index is 13.1. The minimum Gasteiger partial charge on any atom is -0.321 e. The van der Waals surface area contributed by atoms with E-state index in [1.165, 1.54) is 12.1 Å². The Labute approximate surface area is 187 Å². The van der Waals surface area contributed by atoms with E-state index in [-0.39, 0.29) is 16.1 Å². The van der Waals surface area contributed by atoms with Gasteiger partial charge in [0.25, 0.3) is 15.9 Å². The van der Waals surface area contributed by atoms with Crippen molar-refractivity contribution in [1.29, 1.82) is 0 Å². The van der Waals surface area contributed by atoms with Crippen LogP contribution < -0.4 is 10.0 Å². The maximum Gasteiger partial charge on any atom is 0.261 e. The van der Waals surface area contributed by atoms with Gasteiger partial charge in [-0.05, 0) is 49.4 Å². The number of amides is 1. The number of para-hydroxylation sites is 2. The normalized spacial score (nSPS) is 11.0. The summed E-state index contributed by atoms with van der Waals surface area (Å²) in [6, 6.07) is 25.9. The number of sulfonamides is 1. The molecule has 4 aromatic rings. The largest absolute Gasteiger partial charge is 0.321 e. The van der Waals surface area contributed by atoms with Gasteiger partial charge in [-0.1, -0.05) is 54.1 Å². The summed E-state index contributed by atoms with van der Waals surface area (Å²) in [5.74, 6) is -0.435. The van der Waals surface area contributed by atoms with E-state index in [0.29, 0.717) is 5.69 Å². The molecular weight excluding hydrogens is 422 g/mol. The molecule has 1 aromatic heterocycles. The number of hydrogen-bond donors (Lipinski definition) is 2. The van der Waals surface area contributed by atoms with Gasteiger partial charge in [-0.2, -0.15) is 0 Å². The first-order chi connectivity index (χ1) is 15.4. The number of carbonyl (C=O) groups excluding carboxylic acids is 1. The lowest BCUT2D eigenvalue weighted by Crippen LogP contribution is -2.19. The third-order valence-electron chi connectivity index (χ3n) is 4.86. The van der Waals surface area contributed by atoms with Gasteiger partial charge < -0.3 is 5.32 Å². The molecule has 0 aliphatic heterocycles. The molecular formula is C25H21N3O3S. The summed E-state index contributed by atoms with van der Waals surface area (Å²) < 4.78 is 28.2. The number of carbonyl (C=O) groups is 1. The average molecular weight is 444 g/mol. The molecule has 2 N–H and O–H groups in total. The van der Waals surface area contributed by atoms with Gasteiger partial charge in [0.2, 0.25) is 0 Å². The van der Waals surface area contributed by atoms with Crippen LogP contribution in [-0.4, -0.2) is 19.3 Å². The Morgan fingerprint density at radius 2 is 1.44 bits per heavy atom. The number of nitrogens with zero attached hydrogens (tertiary/aromatic N) is 1. The lowest BCUT2D eigenvalue weighted by molar-refractivity contribution is 0.102. The van der Waals surface area contributed by atoms with Gasteiger partial charge >= 0.3 is 0 Å². The van der Waals surface area contributed by atoms with Crippen molar-refractivity contribution >= 4 is 27.3 Å². The average Bonchev–Trinajstić information content (AvgIpc) is 2.80. The van der Waals surface area contributed by atoms with E-state index < -0.39 is 15.9 Å². The molecule has 3 aromatic carbocycles. The van der Waals surface area contributed by atoms with Gasteiger partial charge in [0.1, 0.15) is 0 Å². The summed E-state index contributed by atoms with van der Waals surface area (Å²) in [5.41, 5.74) is 3.42. The van der Waals surface area contributed by atoms with E-state index in [0.717, 1.165) is 16.8 Å². The molecule has 0 spiro atoms. The van der Waals surface area contributed by atoms with Gasteiger partial charge in [-0.3, -0.25) is 14.5 Å². The van der Waals surface area contributed by atoms with Crippen LogP contribution in [0.5, 0.6) is 0 Å². The van der Waals surface area contributed by atoms with E-state index in [9.17, 15) is 13.2 Å². The smallest absolute Gasteiger partial charge is 0.261 e. The second-order valence-corrected chi connectivity index (χ2v) is 8.86. The highest BCUT2D eigenvalue weighted by Crippen LogP contribution is 2.28. The molecule has 1 heterocycles. The molecule has 0 aliphatic rings. The van der Waals surface area contributed by atoms with Crippen LogP contribution in [0, 0.1) is 6.92 Å². The van der Waals surface area contributed by atoms with Crippen LogP contribution in [0.25, 0.3) is 11.3 Å². The second-order valence-electron chi connectivity index (χ2n) is 7.18. The first-order valence-corrected chi connectivity index (χ1v) is 11.4. The number of aryl methyl sites for hydroxylation is 1. The topological polar surface area (TPSA) is 88.2 Å². The number of benzene rings is 3. The highest BCUT2D eigenvalue weighted by Gasteiger charge is 2.19. The van der Waals surface area contributed by atoms with Gasteiger partial charge in [0, 0.05) is 11.8 Å². The zero-order chi connectivity index (χ0) is 22.6. The molecule has 0 atom stereocenters. The summed E-state index contributed by atoms with van der Waals surface area (Å²) >= 11 is 0. The fourth-order valence-electron chi connectivity index (χ4n) is 3.22. The molecule has 0 saturated carbocycles. The van der Waals surface area contributed by atoms with Crippen molar-refractivity contribution in [2.75, 3.05) is 10.0 Å². The van der Waals surface area contributed by atoms with Crippen LogP contribution in [0.4, 0.5) is 11.4 Å². The van der Waals surface area contributed by atoms with Crippen LogP contribution in [0.3, 0.4) is 0 Å². The lowest BCUT2D eigenvalue weighted by atomic mass is 10.1. The Balaban J connectivity index is 1.63. The highest BCUT2D eigenvalue weighted by atomic mass is 32.2. The fraction of sp³-hybridized carbons (Fsp3) is 0.0400. The third-order valence-corrected chi connectivity index (χ3v) is 6.24. The monoisotopic (exact) mass is 443 g/mol. The van der Waals surface area contributed by atoms with Crippen LogP contribution in [0.2, 0.25) is 0 Å². The molecule has 0 radical (unpaired) electrons. The summed E-state index contributed by atoms with van der Waals surface area (Å²) in [4.78, 5) is 17.6. The third kappa shape index (κ3) is 4.68. The zero-order valence-electron chi connectivity index (χ0n) is 17.3. The van der Waals surface area contributed by atoms with Crippen LogP contribution in [0.1, 0.15) is 15.9 Å². The molecule has 160 valence electrons. The molecule has 6 nitrogen and oxygen atoms in total. The van der Waals surface area contributed by atoms with E-state index >= 15 is 0 Å². The molecule has 0 unspecified atom stereocenters. The number of hydrogen-bond acceptors (Lipinski definition) is 4. The molecule has 1 amide bonds. The standard InChI is InChI=1S/C25H21N3O3S/c1-18-13-15-19(16-14-18)32(30,31)28-24-12-5-3-9-21(24)25(29)27-23-11-4-2-8-20(23)22-10-6-7-17-26-22/h2-17,28H,1H3,(H,27,29). The molecule has 0 fully saturated rings. The van der Waals surface area contributed by atoms with Crippen molar-refractivity contribution in [3.05, 3.63) is 108 Å². The second kappa shape index (κ2) is 9.03. The molecule has 0 aliphatic carbocycles. The van der Waals surface area contributed by atoms with Gasteiger partial charge in [0.05, 0.1) is 27.5 Å². The van der Waals surface area contributed by atoms with Gasteiger partial charge in [-0.25, -0.2) is 8.42 Å². The quantitative estimate of drug-likeness (QED) is 0.433. The minimum atomic E-state index is -3.85. The lowest BCUT2D eigenvalue weighted by Gasteiger charge is -2.14. The SMILES string of the molecule is Cc1ccc(S(=O)(=O)Nc2ccccc2C(=O)Nc2ccccc2-c2ccccn2)cc1. The summed E-state index contributed by atoms with van der Waals surface area (Å²) in [5, 5.41) is 2.88. The van der Waals surface area contributed by atoms with Crippen molar-refractivity contribution in [2.45, 2.75) is 11.8 Å². The summed E-state index contributed by atoms with van der Waals surface area (Å²) in [6.07, 6.45) is 1.68. The summed E-state index contributed by atoms with van der Waals surface area (Å²) in [6.45, 7) is 1.88. The first-order valence-electron chi connectivity index (χ1n) is 9.94. The number of aromatic nitrogens is 1. The number of rotatable bonds is 6. The van der Waals surface area contributed by atoms with Crippen molar-refractivity contribution in [1.82, 2.24) is 4.98 Å². The Hall–Kier alpha value is -3.97. The number of pyridine rings is 1. The zero-order valence-corrected chi connectivity index (χ0v) is 18.1. The fourth-order valence-corrected chi connectivity index (χ4v) is 4.30. The minimum absolute atomic E-state index is 0.124. The maximum absolute atomic E-state index is 13.1. The van der Waals surface area contributed by atoms with Crippen LogP contribution >= 0.6 is 0 Å². The van der Waals surface area contributed by atoms with E-state index in [4.69, 9.17) is 0 Å². The number of nitrogens with one attached hydrogen (secondary N) is 2. The Morgan fingerprint density at radius 3 is 2.16 bits per heavy atom. The molecule has 7 heteroatoms. The Kier molecular flexibility index (Phi) is 6.00. The highest BCUT2D eigenvalue weighted by molar-refractivity contribution is 7.92. The predicted molar refractivity (Wildman–Crippen MR) is 126 cm³/mol. The first kappa shape index (κ1) is 21.3. The molecule has 4 rings (SSSR count). The number of anilines is 2. The van der Waals surface area contributed by atoms with Gasteiger partial charge in [0.15, 0.2) is 0 Å². The van der Waals surface area contributed by atoms with E-state index in [1.54, 1.807) is 48.7 Å². The van der Waals surface area contributed by atoms with Crippen molar-refractivity contribution < 1.29 is 13.2 Å². The van der Waals surface area contributed by atoms with Crippen LogP contribution in [0.15, 0.2) is 102 Å². The molecule has 0 saturated heterocycles. The van der Waals surface area contributed by atoms with E-state index in [1.807, 2.05) is 43.3 Å². The van der Waals surface area contributed by atoms with Crippen molar-refractivity contribution in [3.63, 3.8) is 0 Å². The van der Waals surface area contributed by atoms with Gasteiger partial charge in [-0.15, -0.1) is 0 Å². The Morgan fingerprint density at radius 1 is 0.781 bits per heavy atom. The molecule has 0 bridgehead atoms. The molecule has 32 heavy (non-hydrogen) atoms.